The topological polar surface area (TPSA) is 73.2 Å². The third-order valence-corrected chi connectivity index (χ3v) is 12.6. The van der Waals surface area contributed by atoms with Crippen molar-refractivity contribution >= 4 is 0 Å². The molecule has 0 bridgehead atoms. The van der Waals surface area contributed by atoms with Crippen molar-refractivity contribution in [2.75, 3.05) is 6.61 Å². The van der Waals surface area contributed by atoms with Crippen molar-refractivity contribution < 1.29 is 20.1 Å². The van der Waals surface area contributed by atoms with E-state index in [2.05, 4.69) is 40.7 Å². The van der Waals surface area contributed by atoms with Gasteiger partial charge in [0.25, 0.3) is 0 Å². The number of hydrogen-bond acceptors (Lipinski definition) is 4. The molecule has 1 aliphatic heterocycles. The molecule has 3 saturated carbocycles. The van der Waals surface area contributed by atoms with Gasteiger partial charge in [-0.3, -0.25) is 0 Å². The standard InChI is InChI=1S/C30H50O4/c1-26(2)23-9-8-21-20(28(23,5)13-12-24(26)33)11-15-29(6)19(10-14-30(21,29)7)18(17-31)16-22(32)25-27(3,4)34-25/h8,18-20,22-25,31-33H,9-17H2,1-7H3. The van der Waals surface area contributed by atoms with E-state index < -0.39 is 6.10 Å². The van der Waals surface area contributed by atoms with E-state index in [4.69, 9.17) is 4.74 Å². The fourth-order valence-corrected chi connectivity index (χ4v) is 10.1. The molecule has 5 rings (SSSR count). The predicted molar refractivity (Wildman–Crippen MR) is 135 cm³/mol. The van der Waals surface area contributed by atoms with Gasteiger partial charge in [-0.15, -0.1) is 0 Å². The Morgan fingerprint density at radius 3 is 2.29 bits per heavy atom. The van der Waals surface area contributed by atoms with Gasteiger partial charge in [0.05, 0.1) is 17.8 Å². The summed E-state index contributed by atoms with van der Waals surface area (Å²) in [7, 11) is 0. The maximum absolute atomic E-state index is 10.9. The second kappa shape index (κ2) is 7.79. The zero-order valence-electron chi connectivity index (χ0n) is 22.7. The summed E-state index contributed by atoms with van der Waals surface area (Å²) >= 11 is 0. The van der Waals surface area contributed by atoms with Crippen LogP contribution in [-0.2, 0) is 4.74 Å². The van der Waals surface area contributed by atoms with E-state index >= 15 is 0 Å². The fraction of sp³-hybridized carbons (Fsp3) is 0.933. The molecule has 4 fully saturated rings. The van der Waals surface area contributed by atoms with Crippen molar-refractivity contribution in [2.24, 2.45) is 45.3 Å². The summed E-state index contributed by atoms with van der Waals surface area (Å²) in [4.78, 5) is 0. The van der Waals surface area contributed by atoms with Crippen LogP contribution in [-0.4, -0.2) is 45.8 Å². The van der Waals surface area contributed by atoms with E-state index in [-0.39, 0.29) is 52.0 Å². The van der Waals surface area contributed by atoms with Crippen LogP contribution in [0.1, 0.15) is 99.8 Å². The minimum absolute atomic E-state index is 0.0360. The molecule has 0 spiro atoms. The van der Waals surface area contributed by atoms with Crippen LogP contribution in [0, 0.1) is 45.3 Å². The number of aliphatic hydroxyl groups is 3. The first-order chi connectivity index (χ1) is 15.7. The Hall–Kier alpha value is -0.420. The number of allylic oxidation sites excluding steroid dienone is 2. The largest absolute Gasteiger partial charge is 0.396 e. The quantitative estimate of drug-likeness (QED) is 0.364. The molecular weight excluding hydrogens is 424 g/mol. The maximum atomic E-state index is 10.9. The van der Waals surface area contributed by atoms with Gasteiger partial charge in [0, 0.05) is 6.61 Å². The highest BCUT2D eigenvalue weighted by Crippen LogP contribution is 2.73. The molecule has 0 amide bonds. The molecule has 4 nitrogen and oxygen atoms in total. The lowest BCUT2D eigenvalue weighted by atomic mass is 9.41. The van der Waals surface area contributed by atoms with Gasteiger partial charge in [0.1, 0.15) is 6.10 Å². The van der Waals surface area contributed by atoms with Crippen molar-refractivity contribution in [1.29, 1.82) is 0 Å². The van der Waals surface area contributed by atoms with Gasteiger partial charge in [-0.1, -0.05) is 46.3 Å². The van der Waals surface area contributed by atoms with Crippen molar-refractivity contribution in [1.82, 2.24) is 0 Å². The van der Waals surface area contributed by atoms with Crippen molar-refractivity contribution in [3.8, 4) is 0 Å². The predicted octanol–water partition coefficient (Wildman–Crippen LogP) is 5.49. The second-order valence-electron chi connectivity index (χ2n) is 14.7. The molecule has 0 aromatic rings. The number of hydrogen-bond donors (Lipinski definition) is 3. The summed E-state index contributed by atoms with van der Waals surface area (Å²) in [6, 6.07) is 0. The van der Waals surface area contributed by atoms with Crippen LogP contribution >= 0.6 is 0 Å². The lowest BCUT2D eigenvalue weighted by molar-refractivity contribution is -0.132. The Labute approximate surface area is 207 Å². The molecule has 34 heavy (non-hydrogen) atoms. The minimum Gasteiger partial charge on any atom is -0.396 e. The normalized spacial score (nSPS) is 50.4. The highest BCUT2D eigenvalue weighted by molar-refractivity contribution is 5.33. The van der Waals surface area contributed by atoms with Gasteiger partial charge in [-0.2, -0.15) is 0 Å². The number of ether oxygens (including phenoxy) is 1. The molecule has 4 aliphatic carbocycles. The summed E-state index contributed by atoms with van der Waals surface area (Å²) in [5.41, 5.74) is 1.99. The molecule has 5 aliphatic rings. The lowest BCUT2D eigenvalue weighted by Gasteiger charge is -2.64. The van der Waals surface area contributed by atoms with Crippen LogP contribution < -0.4 is 0 Å². The first-order valence-corrected chi connectivity index (χ1v) is 14.1. The average molecular weight is 475 g/mol. The Morgan fingerprint density at radius 1 is 1.00 bits per heavy atom. The molecule has 1 saturated heterocycles. The number of fused-ring (bicyclic) bond motifs is 5. The maximum Gasteiger partial charge on any atom is 0.113 e. The monoisotopic (exact) mass is 474 g/mol. The second-order valence-corrected chi connectivity index (χ2v) is 14.7. The van der Waals surface area contributed by atoms with E-state index in [0.717, 1.165) is 25.7 Å². The average Bonchev–Trinajstić information content (AvgIpc) is 3.31. The molecule has 4 heteroatoms. The van der Waals surface area contributed by atoms with Gasteiger partial charge in [0.15, 0.2) is 0 Å². The molecule has 0 radical (unpaired) electrons. The van der Waals surface area contributed by atoms with Crippen LogP contribution in [0.2, 0.25) is 0 Å². The van der Waals surface area contributed by atoms with Crippen LogP contribution in [0.3, 0.4) is 0 Å². The third kappa shape index (κ3) is 3.30. The zero-order chi connectivity index (χ0) is 24.9. The first kappa shape index (κ1) is 25.2. The smallest absolute Gasteiger partial charge is 0.113 e. The number of aliphatic hydroxyl groups excluding tert-OH is 3. The molecule has 0 aromatic carbocycles. The molecule has 194 valence electrons. The van der Waals surface area contributed by atoms with Crippen molar-refractivity contribution in [2.45, 2.75) is 124 Å². The van der Waals surface area contributed by atoms with Crippen LogP contribution in [0.15, 0.2) is 11.6 Å². The van der Waals surface area contributed by atoms with Gasteiger partial charge >= 0.3 is 0 Å². The van der Waals surface area contributed by atoms with Gasteiger partial charge < -0.3 is 20.1 Å². The third-order valence-electron chi connectivity index (χ3n) is 12.6. The van der Waals surface area contributed by atoms with E-state index in [1.165, 1.54) is 19.3 Å². The molecule has 10 unspecified atom stereocenters. The van der Waals surface area contributed by atoms with Crippen LogP contribution in [0.25, 0.3) is 0 Å². The fourth-order valence-electron chi connectivity index (χ4n) is 10.1. The van der Waals surface area contributed by atoms with Gasteiger partial charge in [-0.05, 0) is 111 Å². The zero-order valence-corrected chi connectivity index (χ0v) is 22.7. The molecular formula is C30H50O4. The summed E-state index contributed by atoms with van der Waals surface area (Å²) in [6.07, 6.45) is 10.3. The Kier molecular flexibility index (Phi) is 5.78. The summed E-state index contributed by atoms with van der Waals surface area (Å²) in [5, 5.41) is 32.2. The minimum atomic E-state index is -0.497. The molecule has 1 heterocycles. The Morgan fingerprint density at radius 2 is 1.68 bits per heavy atom. The van der Waals surface area contributed by atoms with Crippen molar-refractivity contribution in [3.05, 3.63) is 11.6 Å². The van der Waals surface area contributed by atoms with Crippen LogP contribution in [0.5, 0.6) is 0 Å². The summed E-state index contributed by atoms with van der Waals surface area (Å²) in [5.74, 6) is 1.68. The summed E-state index contributed by atoms with van der Waals surface area (Å²) in [6.45, 7) is 16.4. The van der Waals surface area contributed by atoms with E-state index in [1.807, 2.05) is 13.8 Å². The lowest BCUT2D eigenvalue weighted by Crippen LogP contribution is -2.58. The molecule has 3 N–H and O–H groups in total. The SMILES string of the molecule is CC1(C)OC1C(O)CC(CO)C1CCC2(C)C3=CCC4C(C)(C)C(O)CCC4(C)C3CCC12C. The van der Waals surface area contributed by atoms with Gasteiger partial charge in [0.2, 0.25) is 0 Å². The first-order valence-electron chi connectivity index (χ1n) is 14.1. The Bertz CT molecular complexity index is 847. The van der Waals surface area contributed by atoms with Gasteiger partial charge in [-0.25, -0.2) is 0 Å². The molecule has 10 atom stereocenters. The highest BCUT2D eigenvalue weighted by Gasteiger charge is 2.65. The number of rotatable bonds is 5. The summed E-state index contributed by atoms with van der Waals surface area (Å²) < 4.78 is 5.72. The highest BCUT2D eigenvalue weighted by atomic mass is 16.6. The van der Waals surface area contributed by atoms with E-state index in [1.54, 1.807) is 5.57 Å². The van der Waals surface area contributed by atoms with Crippen molar-refractivity contribution in [3.63, 3.8) is 0 Å². The Balaban J connectivity index is 1.42. The van der Waals surface area contributed by atoms with E-state index in [9.17, 15) is 15.3 Å². The van der Waals surface area contributed by atoms with Crippen LogP contribution in [0.4, 0.5) is 0 Å². The molecule has 0 aromatic heterocycles. The number of epoxide rings is 1. The van der Waals surface area contributed by atoms with E-state index in [0.29, 0.717) is 24.2 Å².